The standard InChI is InChI=1S/C21H38F3N3O2P.BrH/c1-8-25(9-2)30(26(10-3)11-4,27(12-5)13-6)29-20(21(22,23)24)18-14-16-19(28-7)17-15-18;/h14-17,20H,8-13H2,1-7H3;1H/q+1;/p-1. The molecule has 0 heterocycles. The summed E-state index contributed by atoms with van der Waals surface area (Å²) >= 11 is 0. The highest BCUT2D eigenvalue weighted by Crippen LogP contribution is 2.71. The first-order valence-corrected chi connectivity index (χ1v) is 12.3. The number of methoxy groups -OCH3 is 1. The van der Waals surface area contributed by atoms with Crippen LogP contribution < -0.4 is 21.7 Å². The molecule has 0 spiro atoms. The molecule has 10 heteroatoms. The maximum atomic E-state index is 14.3. The molecule has 0 aliphatic heterocycles. The summed E-state index contributed by atoms with van der Waals surface area (Å²) < 4.78 is 60.7. The zero-order valence-corrected chi connectivity index (χ0v) is 22.2. The molecule has 1 aromatic rings. The lowest BCUT2D eigenvalue weighted by Gasteiger charge is -2.45. The van der Waals surface area contributed by atoms with Gasteiger partial charge in [0, 0.05) is 39.3 Å². The van der Waals surface area contributed by atoms with E-state index in [1.807, 2.05) is 41.5 Å². The number of halogens is 4. The van der Waals surface area contributed by atoms with Gasteiger partial charge in [0.1, 0.15) is 5.75 Å². The molecule has 182 valence electrons. The van der Waals surface area contributed by atoms with Crippen molar-refractivity contribution in [2.45, 2.75) is 53.8 Å². The van der Waals surface area contributed by atoms with Crippen molar-refractivity contribution in [1.29, 1.82) is 0 Å². The van der Waals surface area contributed by atoms with Gasteiger partial charge in [0.2, 0.25) is 6.10 Å². The van der Waals surface area contributed by atoms with Gasteiger partial charge in [-0.2, -0.15) is 17.7 Å². The Labute approximate surface area is 197 Å². The third kappa shape index (κ3) is 7.02. The van der Waals surface area contributed by atoms with Gasteiger partial charge in [0.25, 0.3) is 0 Å². The van der Waals surface area contributed by atoms with E-state index in [1.165, 1.54) is 19.2 Å². The summed E-state index contributed by atoms with van der Waals surface area (Å²) in [6, 6.07) is 5.98. The Balaban J connectivity index is 0.00000900. The molecule has 0 aromatic heterocycles. The van der Waals surface area contributed by atoms with E-state index in [0.29, 0.717) is 45.0 Å². The summed E-state index contributed by atoms with van der Waals surface area (Å²) in [5.74, 6) is 0.511. The average molecular weight is 532 g/mol. The van der Waals surface area contributed by atoms with E-state index in [-0.39, 0.29) is 22.5 Å². The largest absolute Gasteiger partial charge is 1.00 e. The average Bonchev–Trinajstić information content (AvgIpc) is 2.73. The van der Waals surface area contributed by atoms with E-state index < -0.39 is 20.2 Å². The van der Waals surface area contributed by atoms with Crippen LogP contribution in [0.25, 0.3) is 0 Å². The molecule has 0 saturated carbocycles. The zero-order valence-electron chi connectivity index (χ0n) is 19.7. The summed E-state index contributed by atoms with van der Waals surface area (Å²) in [5, 5.41) is 0. The fraction of sp³-hybridized carbons (Fsp3) is 0.714. The SMILES string of the molecule is CCN(CC)[P+](OC(c1ccc(OC)cc1)C(F)(F)F)(N(CC)CC)N(CC)CC.[Br-]. The van der Waals surface area contributed by atoms with Gasteiger partial charge in [-0.1, -0.05) is 12.1 Å². The molecule has 1 unspecified atom stereocenters. The molecule has 0 fully saturated rings. The van der Waals surface area contributed by atoms with Gasteiger partial charge in [-0.05, 0) is 59.2 Å². The highest BCUT2D eigenvalue weighted by atomic mass is 79.9. The third-order valence-corrected chi connectivity index (χ3v) is 9.66. The third-order valence-electron chi connectivity index (χ3n) is 5.26. The van der Waals surface area contributed by atoms with E-state index in [9.17, 15) is 13.2 Å². The van der Waals surface area contributed by atoms with Gasteiger partial charge in [-0.15, -0.1) is 14.0 Å². The van der Waals surface area contributed by atoms with Gasteiger partial charge in [-0.3, -0.25) is 0 Å². The number of alkyl halides is 3. The van der Waals surface area contributed by atoms with Crippen molar-refractivity contribution in [3.8, 4) is 5.75 Å². The second-order valence-corrected chi connectivity index (χ2v) is 9.66. The normalized spacial score (nSPS) is 13.6. The van der Waals surface area contributed by atoms with Crippen LogP contribution in [-0.2, 0) is 4.52 Å². The van der Waals surface area contributed by atoms with Crippen LogP contribution in [0.1, 0.15) is 53.2 Å². The zero-order chi connectivity index (χ0) is 22.9. The van der Waals surface area contributed by atoms with Crippen LogP contribution in [0.15, 0.2) is 24.3 Å². The lowest BCUT2D eigenvalue weighted by Crippen LogP contribution is -3.00. The number of nitrogens with zero attached hydrogens (tertiary/aromatic N) is 3. The Hall–Kier alpha value is -0.440. The van der Waals surface area contributed by atoms with Crippen molar-refractivity contribution in [2.75, 3.05) is 46.4 Å². The monoisotopic (exact) mass is 531 g/mol. The molecule has 31 heavy (non-hydrogen) atoms. The van der Waals surface area contributed by atoms with Crippen molar-refractivity contribution in [2.24, 2.45) is 0 Å². The second kappa shape index (κ2) is 14.0. The van der Waals surface area contributed by atoms with Gasteiger partial charge in [-0.25, -0.2) is 0 Å². The maximum Gasteiger partial charge on any atom is 0.423 e. The summed E-state index contributed by atoms with van der Waals surface area (Å²) in [4.78, 5) is 0. The van der Waals surface area contributed by atoms with E-state index >= 15 is 0 Å². The first kappa shape index (κ1) is 30.6. The molecular formula is C21H38BrF3N3O2P. The Bertz CT molecular complexity index is 580. The van der Waals surface area contributed by atoms with Crippen LogP contribution in [0.2, 0.25) is 0 Å². The van der Waals surface area contributed by atoms with Crippen molar-refractivity contribution in [1.82, 2.24) is 14.0 Å². The summed E-state index contributed by atoms with van der Waals surface area (Å²) in [5.41, 5.74) is 0.0825. The first-order chi connectivity index (χ1) is 14.2. The molecule has 0 N–H and O–H groups in total. The molecular weight excluding hydrogens is 494 g/mol. The molecule has 5 nitrogen and oxygen atoms in total. The van der Waals surface area contributed by atoms with E-state index in [0.717, 1.165) is 0 Å². The maximum absolute atomic E-state index is 14.3. The van der Waals surface area contributed by atoms with Gasteiger partial charge >= 0.3 is 14.1 Å². The quantitative estimate of drug-likeness (QED) is 0.365. The van der Waals surface area contributed by atoms with Crippen molar-refractivity contribution in [3.05, 3.63) is 29.8 Å². The highest BCUT2D eigenvalue weighted by Gasteiger charge is 2.62. The fourth-order valence-electron chi connectivity index (χ4n) is 3.74. The Morgan fingerprint density at radius 1 is 0.774 bits per heavy atom. The minimum Gasteiger partial charge on any atom is -1.00 e. The van der Waals surface area contributed by atoms with E-state index in [4.69, 9.17) is 9.26 Å². The van der Waals surface area contributed by atoms with Crippen molar-refractivity contribution in [3.63, 3.8) is 0 Å². The van der Waals surface area contributed by atoms with Crippen LogP contribution >= 0.6 is 7.94 Å². The minimum absolute atomic E-state index is 0. The summed E-state index contributed by atoms with van der Waals surface area (Å²) in [6.07, 6.45) is -6.58. The van der Waals surface area contributed by atoms with Crippen LogP contribution in [0.4, 0.5) is 13.2 Å². The summed E-state index contributed by atoms with van der Waals surface area (Å²) in [6.45, 7) is 15.5. The molecule has 1 rings (SSSR count). The van der Waals surface area contributed by atoms with Crippen LogP contribution in [-0.4, -0.2) is 66.6 Å². The van der Waals surface area contributed by atoms with Crippen LogP contribution in [0, 0.1) is 0 Å². The molecule has 0 aliphatic carbocycles. The van der Waals surface area contributed by atoms with Gasteiger partial charge in [0.05, 0.1) is 7.11 Å². The highest BCUT2D eigenvalue weighted by molar-refractivity contribution is 7.64. The lowest BCUT2D eigenvalue weighted by atomic mass is 10.1. The fourth-order valence-corrected chi connectivity index (χ4v) is 7.95. The van der Waals surface area contributed by atoms with Crippen LogP contribution in [0.3, 0.4) is 0 Å². The number of hydrogen-bond acceptors (Lipinski definition) is 5. The van der Waals surface area contributed by atoms with Crippen molar-refractivity contribution >= 4 is 7.94 Å². The van der Waals surface area contributed by atoms with E-state index in [1.54, 1.807) is 12.1 Å². The second-order valence-electron chi connectivity index (χ2n) is 6.73. The predicted molar refractivity (Wildman–Crippen MR) is 119 cm³/mol. The predicted octanol–water partition coefficient (Wildman–Crippen LogP) is 3.02. The number of ether oxygens (including phenoxy) is 1. The molecule has 0 aliphatic rings. The van der Waals surface area contributed by atoms with Gasteiger partial charge < -0.3 is 21.7 Å². The smallest absolute Gasteiger partial charge is 0.423 e. The molecule has 1 atom stereocenters. The van der Waals surface area contributed by atoms with Crippen molar-refractivity contribution < 1.29 is 39.4 Å². The molecule has 0 saturated heterocycles. The van der Waals surface area contributed by atoms with Gasteiger partial charge in [0.15, 0.2) is 0 Å². The number of hydrogen-bond donors (Lipinski definition) is 0. The molecule has 1 aromatic carbocycles. The molecule has 0 radical (unpaired) electrons. The molecule has 0 bridgehead atoms. The Morgan fingerprint density at radius 2 is 1.13 bits per heavy atom. The summed E-state index contributed by atoms with van der Waals surface area (Å²) in [7, 11) is -1.42. The topological polar surface area (TPSA) is 28.2 Å². The van der Waals surface area contributed by atoms with Crippen LogP contribution in [0.5, 0.6) is 5.75 Å². The number of rotatable bonds is 13. The number of benzene rings is 1. The minimum atomic E-state index is -4.55. The molecule has 0 amide bonds. The Morgan fingerprint density at radius 3 is 1.39 bits per heavy atom. The lowest BCUT2D eigenvalue weighted by molar-refractivity contribution is -0.201. The first-order valence-electron chi connectivity index (χ1n) is 10.7. The Kier molecular flexibility index (Phi) is 13.8. The van der Waals surface area contributed by atoms with E-state index in [2.05, 4.69) is 14.0 Å².